The molecule has 0 saturated heterocycles. The van der Waals surface area contributed by atoms with Crippen LogP contribution in [0, 0.1) is 5.92 Å². The maximum Gasteiger partial charge on any atom is 0.198 e. The number of fused-ring (bicyclic) bond motifs is 1. The molecule has 2 aromatic carbocycles. The van der Waals surface area contributed by atoms with Crippen molar-refractivity contribution in [1.29, 1.82) is 0 Å². The second-order valence-electron chi connectivity index (χ2n) is 9.97. The van der Waals surface area contributed by atoms with Crippen molar-refractivity contribution in [3.8, 4) is 0 Å². The zero-order valence-corrected chi connectivity index (χ0v) is 22.7. The summed E-state index contributed by atoms with van der Waals surface area (Å²) < 4.78 is 13.9. The van der Waals surface area contributed by atoms with Crippen LogP contribution < -0.4 is 0 Å². The van der Waals surface area contributed by atoms with Crippen molar-refractivity contribution in [2.24, 2.45) is 5.92 Å². The first-order valence-corrected chi connectivity index (χ1v) is 14.5. The zero-order valence-electron chi connectivity index (χ0n) is 22.7. The average Bonchev–Trinajstić information content (AvgIpc) is 2.87. The van der Waals surface area contributed by atoms with Crippen LogP contribution in [0.25, 0.3) is 10.8 Å². The first-order valence-electron chi connectivity index (χ1n) is 14.5. The molecule has 2 heteroatoms. The van der Waals surface area contributed by atoms with Crippen LogP contribution in [0.15, 0.2) is 42.5 Å². The lowest BCUT2D eigenvalue weighted by Gasteiger charge is -2.41. The van der Waals surface area contributed by atoms with E-state index in [9.17, 15) is 0 Å². The summed E-state index contributed by atoms with van der Waals surface area (Å²) in [6.07, 6.45) is 17.2. The van der Waals surface area contributed by atoms with Crippen molar-refractivity contribution in [1.82, 2.24) is 0 Å². The van der Waals surface area contributed by atoms with Gasteiger partial charge >= 0.3 is 0 Å². The van der Waals surface area contributed by atoms with E-state index in [1.165, 1.54) is 80.5 Å². The fraction of sp³-hybridized carbons (Fsp3) is 0.688. The lowest BCUT2D eigenvalue weighted by molar-refractivity contribution is -0.280. The van der Waals surface area contributed by atoms with Gasteiger partial charge in [-0.25, -0.2) is 0 Å². The topological polar surface area (TPSA) is 18.5 Å². The first kappa shape index (κ1) is 28.9. The largest absolute Gasteiger partial charge is 0.346 e. The van der Waals surface area contributed by atoms with E-state index < -0.39 is 5.79 Å². The maximum absolute atomic E-state index is 6.93. The van der Waals surface area contributed by atoms with Crippen molar-refractivity contribution in [2.75, 3.05) is 13.2 Å². The summed E-state index contributed by atoms with van der Waals surface area (Å²) in [6.45, 7) is 10.7. The molecule has 2 rings (SSSR count). The molecule has 0 heterocycles. The van der Waals surface area contributed by atoms with Gasteiger partial charge in [-0.2, -0.15) is 0 Å². The van der Waals surface area contributed by atoms with Gasteiger partial charge in [-0.3, -0.25) is 0 Å². The predicted octanol–water partition coefficient (Wildman–Crippen LogP) is 10.2. The summed E-state index contributed by atoms with van der Waals surface area (Å²) in [5.74, 6) is -0.312. The van der Waals surface area contributed by atoms with Crippen LogP contribution in [0.1, 0.15) is 123 Å². The van der Waals surface area contributed by atoms with E-state index in [0.717, 1.165) is 38.9 Å². The highest BCUT2D eigenvalue weighted by Crippen LogP contribution is 2.43. The highest BCUT2D eigenvalue weighted by Gasteiger charge is 2.42. The minimum absolute atomic E-state index is 0.354. The molecular formula is C32H52O2. The number of unbranched alkanes of at least 4 members (excludes halogenated alkanes) is 9. The third-order valence-corrected chi connectivity index (χ3v) is 7.23. The van der Waals surface area contributed by atoms with E-state index >= 15 is 0 Å². The van der Waals surface area contributed by atoms with E-state index in [1.807, 2.05) is 0 Å². The van der Waals surface area contributed by atoms with E-state index in [0.29, 0.717) is 5.92 Å². The summed E-state index contributed by atoms with van der Waals surface area (Å²) in [5, 5.41) is 2.55. The van der Waals surface area contributed by atoms with Gasteiger partial charge in [0, 0.05) is 11.5 Å². The van der Waals surface area contributed by atoms with Gasteiger partial charge in [-0.05, 0) is 36.5 Å². The van der Waals surface area contributed by atoms with E-state index in [4.69, 9.17) is 9.47 Å². The van der Waals surface area contributed by atoms with Gasteiger partial charge in [0.25, 0.3) is 0 Å². The standard InChI is InChI=1S/C32H52O2/c1-5-9-12-13-14-15-23-29(8-4)32(33-26-18-10-6-2,34-27-19-11-7-3)31-25-20-22-28-21-16-17-24-30(28)31/h16-17,20-22,24-25,29H,5-15,18-19,23,26-27H2,1-4H3. The van der Waals surface area contributed by atoms with Crippen molar-refractivity contribution in [2.45, 2.75) is 123 Å². The smallest absolute Gasteiger partial charge is 0.198 e. The van der Waals surface area contributed by atoms with E-state index in [-0.39, 0.29) is 0 Å². The molecule has 0 amide bonds. The van der Waals surface area contributed by atoms with E-state index in [2.05, 4.69) is 70.2 Å². The van der Waals surface area contributed by atoms with Gasteiger partial charge in [-0.15, -0.1) is 0 Å². The van der Waals surface area contributed by atoms with Crippen molar-refractivity contribution in [3.63, 3.8) is 0 Å². The molecule has 2 aromatic rings. The molecule has 0 fully saturated rings. The normalized spacial score (nSPS) is 12.9. The molecule has 0 aliphatic rings. The molecule has 192 valence electrons. The molecule has 0 aromatic heterocycles. The van der Waals surface area contributed by atoms with Gasteiger partial charge in [0.05, 0.1) is 13.2 Å². The fourth-order valence-electron chi connectivity index (χ4n) is 5.17. The Hall–Kier alpha value is -1.38. The van der Waals surface area contributed by atoms with Gasteiger partial charge in [0.15, 0.2) is 5.79 Å². The second kappa shape index (κ2) is 17.1. The minimum atomic E-state index is -0.666. The molecule has 2 nitrogen and oxygen atoms in total. The third-order valence-electron chi connectivity index (χ3n) is 7.23. The van der Waals surface area contributed by atoms with Crippen molar-refractivity contribution in [3.05, 3.63) is 48.0 Å². The van der Waals surface area contributed by atoms with Crippen LogP contribution in [-0.2, 0) is 15.3 Å². The molecule has 0 N–H and O–H groups in total. The number of ether oxygens (including phenoxy) is 2. The second-order valence-corrected chi connectivity index (χ2v) is 9.97. The molecule has 1 unspecified atom stereocenters. The lowest BCUT2D eigenvalue weighted by Crippen LogP contribution is -2.42. The fourth-order valence-corrected chi connectivity index (χ4v) is 5.17. The maximum atomic E-state index is 6.93. The molecule has 0 aliphatic carbocycles. The highest BCUT2D eigenvalue weighted by atomic mass is 16.7. The van der Waals surface area contributed by atoms with E-state index in [1.54, 1.807) is 0 Å². The zero-order chi connectivity index (χ0) is 24.5. The van der Waals surface area contributed by atoms with Crippen LogP contribution in [-0.4, -0.2) is 13.2 Å². The summed E-state index contributed by atoms with van der Waals surface area (Å²) in [7, 11) is 0. The summed E-state index contributed by atoms with van der Waals surface area (Å²) in [6, 6.07) is 15.4. The minimum Gasteiger partial charge on any atom is -0.346 e. The Labute approximate surface area is 210 Å². The van der Waals surface area contributed by atoms with Crippen LogP contribution in [0.5, 0.6) is 0 Å². The Bertz CT molecular complexity index is 751. The molecule has 0 aliphatic heterocycles. The van der Waals surface area contributed by atoms with Gasteiger partial charge in [-0.1, -0.05) is 134 Å². The predicted molar refractivity (Wildman–Crippen MR) is 148 cm³/mol. The number of hydrogen-bond donors (Lipinski definition) is 0. The molecule has 0 saturated carbocycles. The number of rotatable bonds is 20. The SMILES string of the molecule is CCCCCCCCC(CC)C(OCCCCC)(OCCCCC)c1cccc2ccccc12. The summed E-state index contributed by atoms with van der Waals surface area (Å²) in [4.78, 5) is 0. The number of benzene rings is 2. The molecular weight excluding hydrogens is 416 g/mol. The Morgan fingerprint density at radius 1 is 0.618 bits per heavy atom. The van der Waals surface area contributed by atoms with Gasteiger partial charge < -0.3 is 9.47 Å². The van der Waals surface area contributed by atoms with Crippen LogP contribution in [0.3, 0.4) is 0 Å². The molecule has 0 spiro atoms. The monoisotopic (exact) mass is 468 g/mol. The van der Waals surface area contributed by atoms with Crippen LogP contribution in [0.2, 0.25) is 0 Å². The summed E-state index contributed by atoms with van der Waals surface area (Å²) >= 11 is 0. The van der Waals surface area contributed by atoms with Gasteiger partial charge in [0.1, 0.15) is 0 Å². The Morgan fingerprint density at radius 2 is 1.18 bits per heavy atom. The Balaban J connectivity index is 2.38. The Kier molecular flexibility index (Phi) is 14.5. The molecule has 1 atom stereocenters. The highest BCUT2D eigenvalue weighted by molar-refractivity contribution is 5.86. The van der Waals surface area contributed by atoms with Crippen LogP contribution in [0.4, 0.5) is 0 Å². The number of hydrogen-bond acceptors (Lipinski definition) is 2. The molecule has 0 radical (unpaired) electrons. The molecule has 0 bridgehead atoms. The summed E-state index contributed by atoms with van der Waals surface area (Å²) in [5.41, 5.74) is 1.23. The lowest BCUT2D eigenvalue weighted by atomic mass is 9.83. The van der Waals surface area contributed by atoms with Crippen LogP contribution >= 0.6 is 0 Å². The molecule has 34 heavy (non-hydrogen) atoms. The van der Waals surface area contributed by atoms with Crippen molar-refractivity contribution < 1.29 is 9.47 Å². The van der Waals surface area contributed by atoms with Gasteiger partial charge in [0.2, 0.25) is 0 Å². The average molecular weight is 469 g/mol. The van der Waals surface area contributed by atoms with Crippen molar-refractivity contribution >= 4 is 10.8 Å². The third kappa shape index (κ3) is 8.68. The Morgan fingerprint density at radius 3 is 1.82 bits per heavy atom. The first-order chi connectivity index (χ1) is 16.7. The quantitative estimate of drug-likeness (QED) is 0.142.